The third-order valence-corrected chi connectivity index (χ3v) is 7.54. The fourth-order valence-corrected chi connectivity index (χ4v) is 5.26. The molecule has 3 aromatic rings. The second-order valence-electron chi connectivity index (χ2n) is 10.1. The van der Waals surface area contributed by atoms with Crippen molar-refractivity contribution in [2.45, 2.75) is 63.9 Å². The average molecular weight is 509 g/mol. The van der Waals surface area contributed by atoms with Crippen molar-refractivity contribution in [2.24, 2.45) is 5.92 Å². The van der Waals surface area contributed by atoms with Crippen LogP contribution in [-0.2, 0) is 6.42 Å². The lowest BCUT2D eigenvalue weighted by atomic mass is 9.76. The van der Waals surface area contributed by atoms with Gasteiger partial charge in [0.25, 0.3) is 0 Å². The Morgan fingerprint density at radius 2 is 1.70 bits per heavy atom. The summed E-state index contributed by atoms with van der Waals surface area (Å²) in [7, 11) is 0. The average Bonchev–Trinajstić information content (AvgIpc) is 2.90. The van der Waals surface area contributed by atoms with Gasteiger partial charge in [-0.1, -0.05) is 48.5 Å². The number of rotatable bonds is 10. The highest BCUT2D eigenvalue weighted by Crippen LogP contribution is 2.39. The number of hydrogen-bond donors (Lipinski definition) is 1. The molecule has 0 radical (unpaired) electrons. The lowest BCUT2D eigenvalue weighted by molar-refractivity contribution is 0.199. The minimum Gasteiger partial charge on any atom is -0.493 e. The molecular formula is C32H35F3O2. The smallest absolute Gasteiger partial charge is 0.166 e. The Morgan fingerprint density at radius 3 is 2.35 bits per heavy atom. The maximum absolute atomic E-state index is 14.9. The van der Waals surface area contributed by atoms with Crippen LogP contribution < -0.4 is 4.74 Å². The molecule has 37 heavy (non-hydrogen) atoms. The SMILES string of the molecule is C=CCCOc1ccc(C2CCC(CCc3ccc(-c4ccc(C(C)O)cc4)c(F)c3F)CC2)c(F)c1. The molecule has 1 aliphatic rings. The van der Waals surface area contributed by atoms with Crippen LogP contribution >= 0.6 is 0 Å². The van der Waals surface area contributed by atoms with Gasteiger partial charge in [0.05, 0.1) is 12.7 Å². The third kappa shape index (κ3) is 6.64. The highest BCUT2D eigenvalue weighted by atomic mass is 19.2. The number of aryl methyl sites for hydroxylation is 1. The molecular weight excluding hydrogens is 473 g/mol. The Labute approximate surface area is 217 Å². The van der Waals surface area contributed by atoms with E-state index in [0.717, 1.165) is 43.2 Å². The lowest BCUT2D eigenvalue weighted by Gasteiger charge is -2.29. The predicted molar refractivity (Wildman–Crippen MR) is 142 cm³/mol. The van der Waals surface area contributed by atoms with E-state index < -0.39 is 17.7 Å². The van der Waals surface area contributed by atoms with E-state index in [2.05, 4.69) is 6.58 Å². The van der Waals surface area contributed by atoms with Gasteiger partial charge in [-0.3, -0.25) is 0 Å². The first-order chi connectivity index (χ1) is 17.9. The molecule has 1 unspecified atom stereocenters. The first-order valence-electron chi connectivity index (χ1n) is 13.2. The van der Waals surface area contributed by atoms with Crippen molar-refractivity contribution in [2.75, 3.05) is 6.61 Å². The number of ether oxygens (including phenoxy) is 1. The van der Waals surface area contributed by atoms with E-state index >= 15 is 0 Å². The van der Waals surface area contributed by atoms with Crippen LogP contribution in [0.1, 0.15) is 74.2 Å². The van der Waals surface area contributed by atoms with Gasteiger partial charge in [0, 0.05) is 11.6 Å². The Bertz CT molecular complexity index is 1200. The van der Waals surface area contributed by atoms with Crippen molar-refractivity contribution in [1.29, 1.82) is 0 Å². The minimum atomic E-state index is -0.835. The molecule has 1 atom stereocenters. The Balaban J connectivity index is 1.32. The van der Waals surface area contributed by atoms with Crippen molar-refractivity contribution in [3.05, 3.63) is 101 Å². The quantitative estimate of drug-likeness (QED) is 0.219. The van der Waals surface area contributed by atoms with Gasteiger partial charge >= 0.3 is 0 Å². The van der Waals surface area contributed by atoms with E-state index in [4.69, 9.17) is 4.74 Å². The number of aliphatic hydroxyl groups excluding tert-OH is 1. The summed E-state index contributed by atoms with van der Waals surface area (Å²) >= 11 is 0. The van der Waals surface area contributed by atoms with Crippen LogP contribution in [0.3, 0.4) is 0 Å². The van der Waals surface area contributed by atoms with Gasteiger partial charge in [-0.2, -0.15) is 0 Å². The van der Waals surface area contributed by atoms with E-state index in [1.54, 1.807) is 49.4 Å². The molecule has 0 saturated heterocycles. The van der Waals surface area contributed by atoms with Crippen molar-refractivity contribution in [3.8, 4) is 16.9 Å². The van der Waals surface area contributed by atoms with E-state index in [1.165, 1.54) is 6.07 Å². The molecule has 1 fully saturated rings. The molecule has 2 nitrogen and oxygen atoms in total. The number of halogens is 3. The first-order valence-corrected chi connectivity index (χ1v) is 13.2. The summed E-state index contributed by atoms with van der Waals surface area (Å²) in [4.78, 5) is 0. The largest absolute Gasteiger partial charge is 0.493 e. The van der Waals surface area contributed by atoms with Crippen molar-refractivity contribution in [1.82, 2.24) is 0 Å². The molecule has 3 aromatic carbocycles. The van der Waals surface area contributed by atoms with Gasteiger partial charge in [0.1, 0.15) is 11.6 Å². The molecule has 196 valence electrons. The predicted octanol–water partition coefficient (Wildman–Crippen LogP) is 8.69. The molecule has 1 aliphatic carbocycles. The lowest BCUT2D eigenvalue weighted by Crippen LogP contribution is -2.15. The second kappa shape index (κ2) is 12.5. The number of aliphatic hydroxyl groups is 1. The van der Waals surface area contributed by atoms with Crippen molar-refractivity contribution in [3.63, 3.8) is 0 Å². The summed E-state index contributed by atoms with van der Waals surface area (Å²) in [5, 5.41) is 9.66. The van der Waals surface area contributed by atoms with Crippen LogP contribution in [0.15, 0.2) is 67.3 Å². The Kier molecular flexibility index (Phi) is 9.09. The zero-order valence-electron chi connectivity index (χ0n) is 21.4. The monoisotopic (exact) mass is 508 g/mol. The van der Waals surface area contributed by atoms with Crippen molar-refractivity contribution >= 4 is 0 Å². The Morgan fingerprint density at radius 1 is 0.973 bits per heavy atom. The molecule has 0 spiro atoms. The van der Waals surface area contributed by atoms with Gasteiger partial charge in [-0.25, -0.2) is 13.2 Å². The summed E-state index contributed by atoms with van der Waals surface area (Å²) in [6.07, 6.45) is 6.79. The Hall–Kier alpha value is -3.05. The molecule has 0 aromatic heterocycles. The van der Waals surface area contributed by atoms with E-state index in [0.29, 0.717) is 42.2 Å². The molecule has 0 aliphatic heterocycles. The van der Waals surface area contributed by atoms with Crippen LogP contribution in [0, 0.1) is 23.4 Å². The standard InChI is InChI=1S/C32H35F3O2/c1-3-4-19-37-27-16-18-28(30(33)20-27)24-8-5-22(6-9-24)7-10-26-15-17-29(32(35)31(26)34)25-13-11-23(12-14-25)21(2)36/h3,11-18,20-22,24,36H,1,4-10,19H2,2H3. The van der Waals surface area contributed by atoms with Crippen LogP contribution in [0.4, 0.5) is 13.2 Å². The number of hydrogen-bond acceptors (Lipinski definition) is 2. The second-order valence-corrected chi connectivity index (χ2v) is 10.1. The van der Waals surface area contributed by atoms with Crippen LogP contribution in [0.2, 0.25) is 0 Å². The highest BCUT2D eigenvalue weighted by Gasteiger charge is 2.25. The number of benzene rings is 3. The zero-order chi connectivity index (χ0) is 26.4. The van der Waals surface area contributed by atoms with E-state index in [9.17, 15) is 18.3 Å². The van der Waals surface area contributed by atoms with Gasteiger partial charge < -0.3 is 9.84 Å². The normalized spacial score (nSPS) is 18.4. The summed E-state index contributed by atoms with van der Waals surface area (Å²) in [6, 6.07) is 15.3. The maximum Gasteiger partial charge on any atom is 0.166 e. The molecule has 1 saturated carbocycles. The van der Waals surface area contributed by atoms with Gasteiger partial charge in [0.15, 0.2) is 11.6 Å². The van der Waals surface area contributed by atoms with Gasteiger partial charge in [0.2, 0.25) is 0 Å². The molecule has 5 heteroatoms. The van der Waals surface area contributed by atoms with Crippen LogP contribution in [0.5, 0.6) is 5.75 Å². The highest BCUT2D eigenvalue weighted by molar-refractivity contribution is 5.65. The summed E-state index contributed by atoms with van der Waals surface area (Å²) in [5.74, 6) is -0.726. The van der Waals surface area contributed by atoms with Gasteiger partial charge in [-0.05, 0) is 92.0 Å². The summed E-state index contributed by atoms with van der Waals surface area (Å²) < 4.78 is 50.0. The van der Waals surface area contributed by atoms with E-state index in [1.807, 2.05) is 12.1 Å². The van der Waals surface area contributed by atoms with Crippen LogP contribution in [-0.4, -0.2) is 11.7 Å². The summed E-state index contributed by atoms with van der Waals surface area (Å²) in [6.45, 7) is 5.80. The van der Waals surface area contributed by atoms with Crippen molar-refractivity contribution < 1.29 is 23.0 Å². The fourth-order valence-electron chi connectivity index (χ4n) is 5.26. The molecule has 1 N–H and O–H groups in total. The molecule has 0 bridgehead atoms. The topological polar surface area (TPSA) is 29.5 Å². The zero-order valence-corrected chi connectivity index (χ0v) is 21.4. The van der Waals surface area contributed by atoms with E-state index in [-0.39, 0.29) is 17.3 Å². The maximum atomic E-state index is 14.9. The van der Waals surface area contributed by atoms with Crippen LogP contribution in [0.25, 0.3) is 11.1 Å². The molecule has 4 rings (SSSR count). The third-order valence-electron chi connectivity index (χ3n) is 7.54. The summed E-state index contributed by atoms with van der Waals surface area (Å²) in [5.41, 5.74) is 2.65. The molecule has 0 heterocycles. The minimum absolute atomic E-state index is 0.173. The molecule has 0 amide bonds. The van der Waals surface area contributed by atoms with Gasteiger partial charge in [-0.15, -0.1) is 6.58 Å². The first kappa shape index (κ1) is 27.0. The fraction of sp³-hybridized carbons (Fsp3) is 0.375.